The number of aromatic nitrogens is 1. The molecule has 0 fully saturated rings. The van der Waals surface area contributed by atoms with Crippen molar-refractivity contribution in [2.24, 2.45) is 0 Å². The molecule has 0 N–H and O–H groups in total. The number of rotatable bonds is 6. The van der Waals surface area contributed by atoms with Gasteiger partial charge in [-0.15, -0.1) is 0 Å². The van der Waals surface area contributed by atoms with Gasteiger partial charge in [-0.2, -0.15) is 0 Å². The van der Waals surface area contributed by atoms with Gasteiger partial charge in [-0.05, 0) is 106 Å². The van der Waals surface area contributed by atoms with Gasteiger partial charge in [0.15, 0.2) is 0 Å². The Morgan fingerprint density at radius 2 is 1.37 bits per heavy atom. The predicted octanol–water partition coefficient (Wildman–Crippen LogP) is 13.6. The van der Waals surface area contributed by atoms with Crippen LogP contribution in [0.4, 0.5) is 17.1 Å². The molecular formula is C49H36N2O. The summed E-state index contributed by atoms with van der Waals surface area (Å²) < 4.78 is 6.18. The van der Waals surface area contributed by atoms with Crippen molar-refractivity contribution in [3.8, 4) is 0 Å². The smallest absolute Gasteiger partial charge is 0.227 e. The van der Waals surface area contributed by atoms with E-state index in [1.54, 1.807) is 0 Å². The van der Waals surface area contributed by atoms with Crippen LogP contribution >= 0.6 is 0 Å². The lowest BCUT2D eigenvalue weighted by molar-refractivity contribution is 0.656. The lowest BCUT2D eigenvalue weighted by Crippen LogP contribution is -2.11. The average molecular weight is 669 g/mol. The number of nitrogens with zero attached hydrogens (tertiary/aromatic N) is 2. The molecular weight excluding hydrogens is 633 g/mol. The Morgan fingerprint density at radius 1 is 0.596 bits per heavy atom. The number of anilines is 3. The highest BCUT2D eigenvalue weighted by molar-refractivity contribution is 6.10. The Morgan fingerprint density at radius 3 is 2.17 bits per heavy atom. The summed E-state index contributed by atoms with van der Waals surface area (Å²) in [5.41, 5.74) is 12.1. The van der Waals surface area contributed by atoms with E-state index < -0.39 is 0 Å². The monoisotopic (exact) mass is 668 g/mol. The van der Waals surface area contributed by atoms with Gasteiger partial charge in [0.05, 0.1) is 11.2 Å². The highest BCUT2D eigenvalue weighted by atomic mass is 16.3. The first-order valence-electron chi connectivity index (χ1n) is 18.2. The first kappa shape index (κ1) is 30.4. The van der Waals surface area contributed by atoms with E-state index in [1.807, 2.05) is 12.1 Å². The van der Waals surface area contributed by atoms with E-state index in [0.717, 1.165) is 63.6 Å². The zero-order valence-electron chi connectivity index (χ0n) is 28.7. The Bertz CT molecular complexity index is 2760. The third kappa shape index (κ3) is 5.34. The SMILES string of the molecule is C1=CC(c2ccc(N(c3ccc(C4C=CC(c5cccc6ccccc56)=CC4)cc3)c3cccc4nc5oc6ccccc6c5cc34)cc2)=CCC1. The number of pyridine rings is 1. The number of allylic oxidation sites excluding steroid dienone is 8. The van der Waals surface area contributed by atoms with Gasteiger partial charge in [-0.25, -0.2) is 4.98 Å². The molecule has 3 nitrogen and oxygen atoms in total. The number of hydrogen-bond donors (Lipinski definition) is 0. The lowest BCUT2D eigenvalue weighted by atomic mass is 9.87. The van der Waals surface area contributed by atoms with E-state index in [1.165, 1.54) is 38.6 Å². The number of furan rings is 1. The Balaban J connectivity index is 1.03. The second-order valence-corrected chi connectivity index (χ2v) is 13.8. The first-order chi connectivity index (χ1) is 25.8. The maximum Gasteiger partial charge on any atom is 0.227 e. The molecule has 6 aromatic carbocycles. The second kappa shape index (κ2) is 12.7. The topological polar surface area (TPSA) is 29.3 Å². The maximum atomic E-state index is 6.18. The molecule has 0 amide bonds. The summed E-state index contributed by atoms with van der Waals surface area (Å²) in [6.07, 6.45) is 17.1. The molecule has 0 spiro atoms. The maximum absolute atomic E-state index is 6.18. The molecule has 0 bridgehead atoms. The molecule has 0 radical (unpaired) electrons. The van der Waals surface area contributed by atoms with E-state index in [2.05, 4.69) is 169 Å². The summed E-state index contributed by atoms with van der Waals surface area (Å²) in [6.45, 7) is 0. The van der Waals surface area contributed by atoms with Crippen LogP contribution < -0.4 is 4.90 Å². The van der Waals surface area contributed by atoms with Gasteiger partial charge in [0.1, 0.15) is 5.58 Å². The van der Waals surface area contributed by atoms with Gasteiger partial charge >= 0.3 is 0 Å². The van der Waals surface area contributed by atoms with Gasteiger partial charge in [-0.1, -0.05) is 127 Å². The third-order valence-corrected chi connectivity index (χ3v) is 10.7. The van der Waals surface area contributed by atoms with Gasteiger partial charge in [0.2, 0.25) is 5.71 Å². The second-order valence-electron chi connectivity index (χ2n) is 13.8. The van der Waals surface area contributed by atoms with Crippen molar-refractivity contribution in [2.75, 3.05) is 4.90 Å². The molecule has 1 unspecified atom stereocenters. The predicted molar refractivity (Wildman–Crippen MR) is 218 cm³/mol. The minimum Gasteiger partial charge on any atom is -0.438 e. The minimum absolute atomic E-state index is 0.321. The minimum atomic E-state index is 0.321. The molecule has 2 aromatic heterocycles. The number of para-hydroxylation sites is 1. The summed E-state index contributed by atoms with van der Waals surface area (Å²) >= 11 is 0. The fraction of sp³-hybridized carbons (Fsp3) is 0.0816. The molecule has 10 rings (SSSR count). The van der Waals surface area contributed by atoms with Crippen molar-refractivity contribution in [1.29, 1.82) is 0 Å². The summed E-state index contributed by atoms with van der Waals surface area (Å²) in [4.78, 5) is 7.39. The normalized spacial score (nSPS) is 15.7. The Hall–Kier alpha value is -6.45. The van der Waals surface area contributed by atoms with Crippen molar-refractivity contribution in [3.05, 3.63) is 193 Å². The van der Waals surface area contributed by atoms with Crippen molar-refractivity contribution >= 4 is 72.0 Å². The van der Waals surface area contributed by atoms with Crippen LogP contribution in [0.1, 0.15) is 41.9 Å². The largest absolute Gasteiger partial charge is 0.438 e. The molecule has 0 aliphatic heterocycles. The van der Waals surface area contributed by atoms with Crippen LogP contribution in [0.15, 0.2) is 180 Å². The van der Waals surface area contributed by atoms with Crippen molar-refractivity contribution in [3.63, 3.8) is 0 Å². The van der Waals surface area contributed by atoms with Gasteiger partial charge in [0, 0.05) is 33.5 Å². The molecule has 248 valence electrons. The van der Waals surface area contributed by atoms with Crippen LogP contribution in [0.2, 0.25) is 0 Å². The fourth-order valence-corrected chi connectivity index (χ4v) is 7.98. The molecule has 0 saturated heterocycles. The standard InChI is InChI=1S/C49H36N2O/c1-2-10-33(11-3-1)35-24-28-39(29-25-35)51(47-18-9-17-46-45(47)32-44-43-15-6-7-19-48(43)52-49(44)50-46)40-30-26-36(27-31-40)34-20-22-38(23-21-34)42-16-8-13-37-12-4-5-14-41(37)42/h2,4-20,22-32,34H,1,3,21H2. The first-order valence-corrected chi connectivity index (χ1v) is 18.2. The van der Waals surface area contributed by atoms with Crippen molar-refractivity contribution < 1.29 is 4.42 Å². The van der Waals surface area contributed by atoms with E-state index in [9.17, 15) is 0 Å². The van der Waals surface area contributed by atoms with E-state index in [0.29, 0.717) is 11.6 Å². The molecule has 2 aliphatic carbocycles. The van der Waals surface area contributed by atoms with Crippen LogP contribution in [0.5, 0.6) is 0 Å². The fourth-order valence-electron chi connectivity index (χ4n) is 7.98. The lowest BCUT2D eigenvalue weighted by Gasteiger charge is -2.27. The van der Waals surface area contributed by atoms with Crippen molar-refractivity contribution in [1.82, 2.24) is 4.98 Å². The van der Waals surface area contributed by atoms with E-state index in [4.69, 9.17) is 9.40 Å². The molecule has 2 aliphatic rings. The Kier molecular flexibility index (Phi) is 7.42. The van der Waals surface area contributed by atoms with Crippen LogP contribution in [-0.2, 0) is 0 Å². The summed E-state index contributed by atoms with van der Waals surface area (Å²) in [6, 6.07) is 50.2. The van der Waals surface area contributed by atoms with E-state index in [-0.39, 0.29) is 0 Å². The quantitative estimate of drug-likeness (QED) is 0.177. The molecule has 8 aromatic rings. The summed E-state index contributed by atoms with van der Waals surface area (Å²) in [7, 11) is 0. The van der Waals surface area contributed by atoms with Gasteiger partial charge in [0.25, 0.3) is 0 Å². The van der Waals surface area contributed by atoms with Crippen LogP contribution in [0.3, 0.4) is 0 Å². The molecule has 1 atom stereocenters. The van der Waals surface area contributed by atoms with Crippen LogP contribution in [-0.4, -0.2) is 4.98 Å². The Labute approximate surface area is 303 Å². The zero-order valence-corrected chi connectivity index (χ0v) is 28.7. The highest BCUT2D eigenvalue weighted by Gasteiger charge is 2.20. The summed E-state index contributed by atoms with van der Waals surface area (Å²) in [5, 5.41) is 5.76. The van der Waals surface area contributed by atoms with Crippen LogP contribution in [0, 0.1) is 0 Å². The zero-order chi connectivity index (χ0) is 34.4. The van der Waals surface area contributed by atoms with Crippen LogP contribution in [0.25, 0.3) is 54.9 Å². The highest BCUT2D eigenvalue weighted by Crippen LogP contribution is 2.42. The number of fused-ring (bicyclic) bond motifs is 5. The van der Waals surface area contributed by atoms with E-state index >= 15 is 0 Å². The molecule has 52 heavy (non-hydrogen) atoms. The molecule has 0 saturated carbocycles. The third-order valence-electron chi connectivity index (χ3n) is 10.7. The number of hydrogen-bond acceptors (Lipinski definition) is 3. The van der Waals surface area contributed by atoms with Gasteiger partial charge < -0.3 is 9.32 Å². The molecule has 3 heteroatoms. The van der Waals surface area contributed by atoms with Gasteiger partial charge in [-0.3, -0.25) is 0 Å². The summed E-state index contributed by atoms with van der Waals surface area (Å²) in [5.74, 6) is 0.321. The molecule has 2 heterocycles. The number of benzene rings is 6. The van der Waals surface area contributed by atoms with Crippen molar-refractivity contribution in [2.45, 2.75) is 25.2 Å². The average Bonchev–Trinajstić information content (AvgIpc) is 3.58.